The molecular weight excluding hydrogens is 420 g/mol. The number of carbonyl (C=O) groups is 2. The lowest BCUT2D eigenvalue weighted by Gasteiger charge is -2.37. The minimum Gasteiger partial charge on any atom is -0.394 e. The molecule has 2 fully saturated rings. The van der Waals surface area contributed by atoms with Gasteiger partial charge < -0.3 is 20.1 Å². The number of hydrogen-bond donors (Lipinski definition) is 2. The first-order valence-corrected chi connectivity index (χ1v) is 11.8. The normalized spacial score (nSPS) is 23.8. The minimum atomic E-state index is -0.547. The van der Waals surface area contributed by atoms with Crippen molar-refractivity contribution in [2.24, 2.45) is 5.92 Å². The predicted octanol–water partition coefficient (Wildman–Crippen LogP) is 1.99. The lowest BCUT2D eigenvalue weighted by atomic mass is 9.90. The SMILES string of the molecule is O=C(N[C@@H]1CC[C@H](CC(=O)N2CCC(Cc3ccccc3)CC2)O[C@@H]1CO)c1cnccn1. The summed E-state index contributed by atoms with van der Waals surface area (Å²) in [5.41, 5.74) is 1.58. The Hall–Kier alpha value is -2.84. The topological polar surface area (TPSA) is 105 Å². The van der Waals surface area contributed by atoms with Crippen LogP contribution in [0.3, 0.4) is 0 Å². The second-order valence-corrected chi connectivity index (χ2v) is 8.95. The Morgan fingerprint density at radius 1 is 1.09 bits per heavy atom. The molecule has 2 aromatic rings. The third-order valence-corrected chi connectivity index (χ3v) is 6.64. The highest BCUT2D eigenvalue weighted by Crippen LogP contribution is 2.25. The number of nitrogens with one attached hydrogen (secondary N) is 1. The molecule has 3 heterocycles. The summed E-state index contributed by atoms with van der Waals surface area (Å²) < 4.78 is 6.00. The van der Waals surface area contributed by atoms with Gasteiger partial charge in [-0.2, -0.15) is 0 Å². The van der Waals surface area contributed by atoms with Crippen molar-refractivity contribution >= 4 is 11.8 Å². The summed E-state index contributed by atoms with van der Waals surface area (Å²) in [5.74, 6) is 0.375. The Bertz CT molecular complexity index is 903. The molecule has 4 rings (SSSR count). The number of hydrogen-bond acceptors (Lipinski definition) is 6. The monoisotopic (exact) mass is 452 g/mol. The number of likely N-dealkylation sites (tertiary alicyclic amines) is 1. The highest BCUT2D eigenvalue weighted by molar-refractivity contribution is 5.92. The van der Waals surface area contributed by atoms with Crippen LogP contribution < -0.4 is 5.32 Å². The van der Waals surface area contributed by atoms with Crippen molar-refractivity contribution in [2.75, 3.05) is 19.7 Å². The number of benzene rings is 1. The van der Waals surface area contributed by atoms with Crippen molar-refractivity contribution in [3.63, 3.8) is 0 Å². The molecule has 0 bridgehead atoms. The Labute approximate surface area is 194 Å². The summed E-state index contributed by atoms with van der Waals surface area (Å²) in [6.45, 7) is 1.34. The van der Waals surface area contributed by atoms with Gasteiger partial charge in [0, 0.05) is 25.5 Å². The first kappa shape index (κ1) is 23.3. The fraction of sp³-hybridized carbons (Fsp3) is 0.520. The van der Waals surface area contributed by atoms with Gasteiger partial charge in [-0.05, 0) is 43.6 Å². The van der Waals surface area contributed by atoms with E-state index < -0.39 is 6.10 Å². The molecule has 8 nitrogen and oxygen atoms in total. The lowest BCUT2D eigenvalue weighted by Crippen LogP contribution is -2.52. The van der Waals surface area contributed by atoms with E-state index in [4.69, 9.17) is 4.74 Å². The number of aromatic nitrogens is 2. The Balaban J connectivity index is 1.22. The van der Waals surface area contributed by atoms with Gasteiger partial charge in [-0.1, -0.05) is 30.3 Å². The first-order valence-electron chi connectivity index (χ1n) is 11.8. The molecule has 2 aliphatic heterocycles. The molecule has 2 saturated heterocycles. The van der Waals surface area contributed by atoms with Crippen LogP contribution in [0.2, 0.25) is 0 Å². The van der Waals surface area contributed by atoms with E-state index in [0.29, 0.717) is 25.2 Å². The summed E-state index contributed by atoms with van der Waals surface area (Å²) in [7, 11) is 0. The molecule has 2 aliphatic rings. The number of aliphatic hydroxyl groups excluding tert-OH is 1. The van der Waals surface area contributed by atoms with Crippen molar-refractivity contribution in [3.8, 4) is 0 Å². The maximum atomic E-state index is 12.9. The Morgan fingerprint density at radius 2 is 1.88 bits per heavy atom. The molecule has 176 valence electrons. The van der Waals surface area contributed by atoms with Crippen LogP contribution in [0.4, 0.5) is 0 Å². The zero-order chi connectivity index (χ0) is 23.0. The van der Waals surface area contributed by atoms with Gasteiger partial charge in [0.2, 0.25) is 5.91 Å². The first-order chi connectivity index (χ1) is 16.1. The standard InChI is InChI=1S/C25H32N4O4/c30-17-23-21(28-25(32)22-16-26-10-11-27-22)7-6-20(33-23)15-24(31)29-12-8-19(9-13-29)14-18-4-2-1-3-5-18/h1-5,10-11,16,19-21,23,30H,6-9,12-15,17H2,(H,28,32)/t20-,21-,23-/m1/s1. The number of rotatable bonds is 7. The molecule has 0 unspecified atom stereocenters. The predicted molar refractivity (Wildman–Crippen MR) is 122 cm³/mol. The van der Waals surface area contributed by atoms with Gasteiger partial charge in [0.1, 0.15) is 11.8 Å². The van der Waals surface area contributed by atoms with Crippen molar-refractivity contribution in [1.82, 2.24) is 20.2 Å². The minimum absolute atomic E-state index is 0.108. The maximum Gasteiger partial charge on any atom is 0.271 e. The molecule has 0 aliphatic carbocycles. The molecule has 2 amide bonds. The van der Waals surface area contributed by atoms with Crippen LogP contribution in [0.15, 0.2) is 48.9 Å². The van der Waals surface area contributed by atoms with Gasteiger partial charge in [-0.15, -0.1) is 0 Å². The van der Waals surface area contributed by atoms with Crippen LogP contribution in [0.1, 0.15) is 48.2 Å². The smallest absolute Gasteiger partial charge is 0.271 e. The van der Waals surface area contributed by atoms with Gasteiger partial charge in [0.25, 0.3) is 5.91 Å². The zero-order valence-corrected chi connectivity index (χ0v) is 18.8. The fourth-order valence-electron chi connectivity index (χ4n) is 4.76. The summed E-state index contributed by atoms with van der Waals surface area (Å²) >= 11 is 0. The molecule has 1 aromatic heterocycles. The van der Waals surface area contributed by atoms with Crippen LogP contribution in [0.25, 0.3) is 0 Å². The van der Waals surface area contributed by atoms with E-state index in [9.17, 15) is 14.7 Å². The van der Waals surface area contributed by atoms with Gasteiger partial charge in [0.05, 0.1) is 31.4 Å². The van der Waals surface area contributed by atoms with E-state index in [2.05, 4.69) is 39.6 Å². The second kappa shape index (κ2) is 11.3. The fourth-order valence-corrected chi connectivity index (χ4v) is 4.76. The van der Waals surface area contributed by atoms with E-state index in [0.717, 1.165) is 32.4 Å². The van der Waals surface area contributed by atoms with E-state index in [1.165, 1.54) is 24.2 Å². The van der Waals surface area contributed by atoms with Gasteiger partial charge in [-0.3, -0.25) is 14.6 Å². The number of aliphatic hydroxyl groups is 1. The average Bonchev–Trinajstić information content (AvgIpc) is 2.86. The lowest BCUT2D eigenvalue weighted by molar-refractivity contribution is -0.141. The summed E-state index contributed by atoms with van der Waals surface area (Å²) in [6.07, 6.45) is 8.26. The summed E-state index contributed by atoms with van der Waals surface area (Å²) in [6, 6.07) is 10.2. The third kappa shape index (κ3) is 6.36. The molecule has 8 heteroatoms. The Morgan fingerprint density at radius 3 is 2.58 bits per heavy atom. The van der Waals surface area contributed by atoms with Crippen molar-refractivity contribution in [2.45, 2.75) is 56.8 Å². The third-order valence-electron chi connectivity index (χ3n) is 6.64. The quantitative estimate of drug-likeness (QED) is 0.666. The molecular formula is C25H32N4O4. The van der Waals surface area contributed by atoms with E-state index >= 15 is 0 Å². The van der Waals surface area contributed by atoms with Gasteiger partial charge >= 0.3 is 0 Å². The average molecular weight is 453 g/mol. The molecule has 0 saturated carbocycles. The van der Waals surface area contributed by atoms with Crippen molar-refractivity contribution in [3.05, 3.63) is 60.2 Å². The summed E-state index contributed by atoms with van der Waals surface area (Å²) in [5, 5.41) is 12.7. The number of piperidine rings is 1. The number of ether oxygens (including phenoxy) is 1. The zero-order valence-electron chi connectivity index (χ0n) is 18.8. The van der Waals surface area contributed by atoms with Gasteiger partial charge in [-0.25, -0.2) is 4.98 Å². The number of carbonyl (C=O) groups excluding carboxylic acids is 2. The highest BCUT2D eigenvalue weighted by atomic mass is 16.5. The molecule has 0 spiro atoms. The largest absolute Gasteiger partial charge is 0.394 e. The maximum absolute atomic E-state index is 12.9. The molecule has 33 heavy (non-hydrogen) atoms. The Kier molecular flexibility index (Phi) is 8.01. The van der Waals surface area contributed by atoms with Gasteiger partial charge in [0.15, 0.2) is 0 Å². The van der Waals surface area contributed by atoms with Crippen LogP contribution in [-0.4, -0.2) is 69.7 Å². The van der Waals surface area contributed by atoms with Crippen LogP contribution in [-0.2, 0) is 16.0 Å². The highest BCUT2D eigenvalue weighted by Gasteiger charge is 2.34. The van der Waals surface area contributed by atoms with Crippen LogP contribution in [0.5, 0.6) is 0 Å². The van der Waals surface area contributed by atoms with Crippen LogP contribution >= 0.6 is 0 Å². The van der Waals surface area contributed by atoms with E-state index in [1.807, 2.05) is 11.0 Å². The summed E-state index contributed by atoms with van der Waals surface area (Å²) in [4.78, 5) is 35.1. The molecule has 3 atom stereocenters. The molecule has 0 radical (unpaired) electrons. The van der Waals surface area contributed by atoms with Crippen molar-refractivity contribution < 1.29 is 19.4 Å². The molecule has 1 aromatic carbocycles. The van der Waals surface area contributed by atoms with E-state index in [-0.39, 0.29) is 36.3 Å². The van der Waals surface area contributed by atoms with Crippen molar-refractivity contribution in [1.29, 1.82) is 0 Å². The number of amides is 2. The number of nitrogens with zero attached hydrogens (tertiary/aromatic N) is 3. The second-order valence-electron chi connectivity index (χ2n) is 8.95. The van der Waals surface area contributed by atoms with E-state index in [1.54, 1.807) is 0 Å². The molecule has 2 N–H and O–H groups in total. The van der Waals surface area contributed by atoms with Crippen LogP contribution in [0, 0.1) is 5.92 Å².